The Bertz CT molecular complexity index is 952. The van der Waals surface area contributed by atoms with Crippen LogP contribution >= 0.6 is 23.8 Å². The van der Waals surface area contributed by atoms with Gasteiger partial charge in [0.25, 0.3) is 11.6 Å². The predicted octanol–water partition coefficient (Wildman–Crippen LogP) is 3.88. The monoisotopic (exact) mass is 450 g/mol. The molecule has 0 aliphatic rings. The number of ether oxygens (including phenoxy) is 1. The number of halogens is 1. The number of nitrogens with zero attached hydrogens (tertiary/aromatic N) is 1. The highest BCUT2D eigenvalue weighted by Crippen LogP contribution is 2.25. The van der Waals surface area contributed by atoms with Gasteiger partial charge in [-0.25, -0.2) is 0 Å². The van der Waals surface area contributed by atoms with Crippen LogP contribution in [0.4, 0.5) is 17.1 Å². The van der Waals surface area contributed by atoms with Gasteiger partial charge < -0.3 is 15.4 Å². The zero-order valence-corrected chi connectivity index (χ0v) is 17.5. The largest absolute Gasteiger partial charge is 0.484 e. The number of hydrogen-bond donors (Lipinski definition) is 3. The van der Waals surface area contributed by atoms with Gasteiger partial charge in [0.05, 0.1) is 15.6 Å². The first-order valence-corrected chi connectivity index (χ1v) is 9.64. The van der Waals surface area contributed by atoms with Gasteiger partial charge in [0.1, 0.15) is 5.75 Å². The van der Waals surface area contributed by atoms with Crippen molar-refractivity contribution in [3.63, 3.8) is 0 Å². The van der Waals surface area contributed by atoms with Crippen molar-refractivity contribution in [2.24, 2.45) is 0 Å². The SMILES string of the molecule is CCCC(=O)Nc1ccc(Cl)c(NC(=S)NC(=O)COc2ccc([N+](=O)[O-])cc2)c1. The van der Waals surface area contributed by atoms with Crippen molar-refractivity contribution in [1.29, 1.82) is 0 Å². The Hall–Kier alpha value is -3.24. The lowest BCUT2D eigenvalue weighted by molar-refractivity contribution is -0.384. The third kappa shape index (κ3) is 7.30. The van der Waals surface area contributed by atoms with Gasteiger partial charge in [0, 0.05) is 24.2 Å². The Balaban J connectivity index is 1.87. The lowest BCUT2D eigenvalue weighted by Crippen LogP contribution is -2.37. The summed E-state index contributed by atoms with van der Waals surface area (Å²) in [4.78, 5) is 33.8. The molecule has 0 aliphatic heterocycles. The van der Waals surface area contributed by atoms with Crippen LogP contribution in [0.25, 0.3) is 0 Å². The summed E-state index contributed by atoms with van der Waals surface area (Å²) < 4.78 is 5.27. The summed E-state index contributed by atoms with van der Waals surface area (Å²) in [7, 11) is 0. The number of amides is 2. The average molecular weight is 451 g/mol. The zero-order chi connectivity index (χ0) is 22.1. The van der Waals surface area contributed by atoms with Crippen LogP contribution in [0.1, 0.15) is 19.8 Å². The molecule has 2 aromatic rings. The van der Waals surface area contributed by atoms with Crippen LogP contribution < -0.4 is 20.7 Å². The van der Waals surface area contributed by atoms with E-state index in [4.69, 9.17) is 28.6 Å². The molecule has 158 valence electrons. The molecule has 0 aliphatic carbocycles. The van der Waals surface area contributed by atoms with Gasteiger partial charge in [-0.15, -0.1) is 0 Å². The van der Waals surface area contributed by atoms with Gasteiger partial charge in [0.2, 0.25) is 5.91 Å². The summed E-state index contributed by atoms with van der Waals surface area (Å²) in [6.07, 6.45) is 1.12. The van der Waals surface area contributed by atoms with Crippen molar-refractivity contribution in [3.8, 4) is 5.75 Å². The molecule has 0 aromatic heterocycles. The maximum atomic E-state index is 12.0. The van der Waals surface area contributed by atoms with E-state index >= 15 is 0 Å². The Labute approximate surface area is 182 Å². The van der Waals surface area contributed by atoms with E-state index in [1.165, 1.54) is 24.3 Å². The molecular weight excluding hydrogens is 432 g/mol. The fraction of sp³-hybridized carbons (Fsp3) is 0.211. The van der Waals surface area contributed by atoms with Crippen molar-refractivity contribution in [3.05, 3.63) is 57.6 Å². The molecule has 2 rings (SSSR count). The van der Waals surface area contributed by atoms with Gasteiger partial charge in [-0.1, -0.05) is 18.5 Å². The maximum absolute atomic E-state index is 12.0. The van der Waals surface area contributed by atoms with Crippen molar-refractivity contribution < 1.29 is 19.2 Å². The number of non-ortho nitro benzene ring substituents is 1. The molecule has 0 heterocycles. The molecule has 0 unspecified atom stereocenters. The number of nitrogens with one attached hydrogen (secondary N) is 3. The molecule has 30 heavy (non-hydrogen) atoms. The first-order valence-electron chi connectivity index (χ1n) is 8.86. The topological polar surface area (TPSA) is 123 Å². The minimum Gasteiger partial charge on any atom is -0.484 e. The quantitative estimate of drug-likeness (QED) is 0.317. The van der Waals surface area contributed by atoms with Gasteiger partial charge in [-0.05, 0) is 49.0 Å². The number of carbonyl (C=O) groups excluding carboxylic acids is 2. The van der Waals surface area contributed by atoms with E-state index in [2.05, 4.69) is 16.0 Å². The third-order valence-corrected chi connectivity index (χ3v) is 4.18. The molecule has 0 radical (unpaired) electrons. The number of thiocarbonyl (C=S) groups is 1. The summed E-state index contributed by atoms with van der Waals surface area (Å²) in [5.41, 5.74) is 0.866. The minimum absolute atomic E-state index is 0.00812. The Morgan fingerprint density at radius 2 is 1.83 bits per heavy atom. The fourth-order valence-corrected chi connectivity index (χ4v) is 2.67. The summed E-state index contributed by atoms with van der Waals surface area (Å²) in [5, 5.41) is 18.9. The molecule has 0 saturated carbocycles. The van der Waals surface area contributed by atoms with Crippen molar-refractivity contribution in [1.82, 2.24) is 5.32 Å². The molecule has 11 heteroatoms. The standard InChI is InChI=1S/C19H19ClN4O5S/c1-2-3-17(25)21-12-4-9-15(20)16(10-12)22-19(30)23-18(26)11-29-14-7-5-13(6-8-14)24(27)28/h4-10H,2-3,11H2,1H3,(H,21,25)(H2,22,23,26,30). The highest BCUT2D eigenvalue weighted by atomic mass is 35.5. The van der Waals surface area contributed by atoms with Gasteiger partial charge in [-0.3, -0.25) is 25.0 Å². The Morgan fingerprint density at radius 1 is 1.13 bits per heavy atom. The van der Waals surface area contributed by atoms with E-state index in [1.54, 1.807) is 18.2 Å². The van der Waals surface area contributed by atoms with Crippen LogP contribution in [-0.4, -0.2) is 28.5 Å². The number of carbonyl (C=O) groups is 2. The van der Waals surface area contributed by atoms with E-state index in [0.29, 0.717) is 28.6 Å². The molecular formula is C19H19ClN4O5S. The van der Waals surface area contributed by atoms with Crippen molar-refractivity contribution >= 4 is 57.8 Å². The third-order valence-electron chi connectivity index (χ3n) is 3.65. The zero-order valence-electron chi connectivity index (χ0n) is 15.9. The number of benzene rings is 2. The molecule has 9 nitrogen and oxygen atoms in total. The van der Waals surface area contributed by atoms with Crippen LogP contribution in [0, 0.1) is 10.1 Å². The number of rotatable bonds is 8. The fourth-order valence-electron chi connectivity index (χ4n) is 2.28. The molecule has 0 bridgehead atoms. The normalized spacial score (nSPS) is 10.1. The number of nitro benzene ring substituents is 1. The first kappa shape index (κ1) is 23.0. The minimum atomic E-state index is -0.533. The van der Waals surface area contributed by atoms with Crippen LogP contribution in [-0.2, 0) is 9.59 Å². The van der Waals surface area contributed by atoms with Gasteiger partial charge in [0.15, 0.2) is 11.7 Å². The van der Waals surface area contributed by atoms with E-state index < -0.39 is 10.8 Å². The van der Waals surface area contributed by atoms with E-state index in [9.17, 15) is 19.7 Å². The van der Waals surface area contributed by atoms with Crippen LogP contribution in [0.5, 0.6) is 5.75 Å². The molecule has 0 spiro atoms. The maximum Gasteiger partial charge on any atom is 0.269 e. The van der Waals surface area contributed by atoms with Crippen molar-refractivity contribution in [2.75, 3.05) is 17.2 Å². The number of nitro groups is 1. The summed E-state index contributed by atoms with van der Waals surface area (Å²) in [6, 6.07) is 10.2. The van der Waals surface area contributed by atoms with E-state index in [-0.39, 0.29) is 23.3 Å². The number of anilines is 2. The van der Waals surface area contributed by atoms with Gasteiger partial charge in [-0.2, -0.15) is 0 Å². The second kappa shape index (κ2) is 11.1. The van der Waals surface area contributed by atoms with E-state index in [1.807, 2.05) is 6.92 Å². The smallest absolute Gasteiger partial charge is 0.269 e. The molecule has 3 N–H and O–H groups in total. The van der Waals surface area contributed by atoms with Crippen LogP contribution in [0.2, 0.25) is 5.02 Å². The molecule has 0 atom stereocenters. The van der Waals surface area contributed by atoms with Crippen molar-refractivity contribution in [2.45, 2.75) is 19.8 Å². The second-order valence-corrected chi connectivity index (χ2v) is 6.85. The Kier molecular flexibility index (Phi) is 8.51. The molecule has 0 saturated heterocycles. The molecule has 2 aromatic carbocycles. The highest BCUT2D eigenvalue weighted by molar-refractivity contribution is 7.80. The molecule has 2 amide bonds. The average Bonchev–Trinajstić information content (AvgIpc) is 2.69. The van der Waals surface area contributed by atoms with Crippen LogP contribution in [0.3, 0.4) is 0 Å². The summed E-state index contributed by atoms with van der Waals surface area (Å²) in [5.74, 6) is -0.354. The number of hydrogen-bond acceptors (Lipinski definition) is 6. The van der Waals surface area contributed by atoms with Crippen LogP contribution in [0.15, 0.2) is 42.5 Å². The summed E-state index contributed by atoms with van der Waals surface area (Å²) >= 11 is 11.2. The predicted molar refractivity (Wildman–Crippen MR) is 118 cm³/mol. The Morgan fingerprint density at radius 3 is 2.47 bits per heavy atom. The summed E-state index contributed by atoms with van der Waals surface area (Å²) in [6.45, 7) is 1.56. The van der Waals surface area contributed by atoms with E-state index in [0.717, 1.165) is 6.42 Å². The lowest BCUT2D eigenvalue weighted by atomic mass is 10.2. The van der Waals surface area contributed by atoms with Gasteiger partial charge >= 0.3 is 0 Å². The second-order valence-electron chi connectivity index (χ2n) is 6.03. The highest BCUT2D eigenvalue weighted by Gasteiger charge is 2.10. The first-order chi connectivity index (χ1) is 14.3. The molecule has 0 fully saturated rings. The lowest BCUT2D eigenvalue weighted by Gasteiger charge is -2.13.